The Balaban J connectivity index is 0.00000256. The van der Waals surface area contributed by atoms with Crippen LogP contribution >= 0.6 is 11.6 Å². The largest absolute Gasteiger partial charge is 0.425 e. The van der Waals surface area contributed by atoms with Crippen LogP contribution in [0.3, 0.4) is 0 Å². The zero-order valence-electron chi connectivity index (χ0n) is 11.1. The maximum absolute atomic E-state index is 6.09. The smallest absolute Gasteiger partial charge is 0.316 e. The molecule has 0 fully saturated rings. The molecule has 0 radical (unpaired) electrons. The van der Waals surface area contributed by atoms with Crippen LogP contribution in [0.1, 0.15) is 0 Å². The first-order valence-electron chi connectivity index (χ1n) is 5.68. The Morgan fingerprint density at radius 1 is 0.941 bits per heavy atom. The highest BCUT2D eigenvalue weighted by molar-refractivity contribution is 6.99. The Kier molecular flexibility index (Phi) is 6.29. The van der Waals surface area contributed by atoms with Crippen molar-refractivity contribution in [1.29, 1.82) is 0 Å². The number of benzene rings is 1. The van der Waals surface area contributed by atoms with Crippen LogP contribution in [0.25, 0.3) is 0 Å². The number of rotatable bonds is 3. The minimum atomic E-state index is -1.35. The van der Waals surface area contributed by atoms with E-state index in [2.05, 4.69) is 55.6 Å². The van der Waals surface area contributed by atoms with Gasteiger partial charge in [-0.3, -0.25) is 0 Å². The van der Waals surface area contributed by atoms with E-state index in [4.69, 9.17) is 11.6 Å². The Morgan fingerprint density at radius 2 is 1.41 bits per heavy atom. The van der Waals surface area contributed by atoms with Gasteiger partial charge in [-0.05, 0) is 18.2 Å². The van der Waals surface area contributed by atoms with Crippen molar-refractivity contribution in [1.82, 2.24) is 0 Å². The lowest BCUT2D eigenvalue weighted by Crippen LogP contribution is -2.59. The highest BCUT2D eigenvalue weighted by atomic mass is 35.5. The quantitative estimate of drug-likeness (QED) is 0.765. The Hall–Kier alpha value is 0.510. The van der Waals surface area contributed by atoms with Gasteiger partial charge in [-0.15, -0.1) is 0 Å². The third kappa shape index (κ3) is 4.95. The van der Waals surface area contributed by atoms with E-state index < -0.39 is 16.5 Å². The van der Waals surface area contributed by atoms with Crippen molar-refractivity contribution >= 4 is 56.8 Å². The minimum absolute atomic E-state index is 0. The second-order valence-electron chi connectivity index (χ2n) is 6.16. The second kappa shape index (κ2) is 6.10. The third-order valence-corrected chi connectivity index (χ3v) is 9.87. The highest BCUT2D eigenvalue weighted by Crippen LogP contribution is 2.29. The molecule has 1 nitrogen and oxygen atoms in total. The third-order valence-electron chi connectivity index (χ3n) is 2.41. The summed E-state index contributed by atoms with van der Waals surface area (Å²) >= 11 is 6.09. The Labute approximate surface area is 129 Å². The highest BCUT2D eigenvalue weighted by Gasteiger charge is 2.34. The van der Waals surface area contributed by atoms with Crippen LogP contribution in [0.4, 0.5) is 5.69 Å². The predicted octanol–water partition coefficient (Wildman–Crippen LogP) is 3.90. The summed E-state index contributed by atoms with van der Waals surface area (Å²) in [6.07, 6.45) is 0. The first-order chi connectivity index (χ1) is 7.12. The SMILES string of the molecule is C[Si](C)(C)N(c1cccc(Cl)c1)[Si](C)(C)C.[MgH2]. The zero-order valence-corrected chi connectivity index (χ0v) is 13.9. The number of nitrogens with zero attached hydrogens (tertiary/aromatic N) is 1. The van der Waals surface area contributed by atoms with E-state index in [1.807, 2.05) is 12.1 Å². The first-order valence-corrected chi connectivity index (χ1v) is 13.0. The van der Waals surface area contributed by atoms with Crippen LogP contribution in [0.5, 0.6) is 0 Å². The van der Waals surface area contributed by atoms with Crippen molar-refractivity contribution in [2.45, 2.75) is 39.3 Å². The lowest BCUT2D eigenvalue weighted by atomic mass is 10.3. The fraction of sp³-hybridized carbons (Fsp3) is 0.500. The average Bonchev–Trinajstić information content (AvgIpc) is 1.97. The van der Waals surface area contributed by atoms with E-state index in [1.165, 1.54) is 5.69 Å². The molecule has 0 aliphatic rings. The van der Waals surface area contributed by atoms with Gasteiger partial charge in [0.15, 0.2) is 0 Å². The minimum Gasteiger partial charge on any atom is -0.425 e. The van der Waals surface area contributed by atoms with Crippen molar-refractivity contribution < 1.29 is 0 Å². The van der Waals surface area contributed by atoms with Gasteiger partial charge in [0.2, 0.25) is 0 Å². The maximum Gasteiger partial charge on any atom is 0.316 e. The van der Waals surface area contributed by atoms with E-state index in [1.54, 1.807) is 0 Å². The van der Waals surface area contributed by atoms with Gasteiger partial charge in [0.05, 0.1) is 0 Å². The molecular weight excluding hydrogens is 274 g/mol. The van der Waals surface area contributed by atoms with Crippen molar-refractivity contribution in [2.24, 2.45) is 0 Å². The fourth-order valence-electron chi connectivity index (χ4n) is 2.40. The standard InChI is InChI=1S/C12H22ClNSi2.Mg.2H/c1-15(2,3)14(16(4,5)6)12-9-7-8-11(13)10-12;;;/h7-10H,1-6H3;;;. The molecule has 17 heavy (non-hydrogen) atoms. The molecule has 0 atom stereocenters. The topological polar surface area (TPSA) is 3.24 Å². The molecule has 0 heterocycles. The fourth-order valence-corrected chi connectivity index (χ4v) is 12.5. The molecule has 0 aromatic heterocycles. The van der Waals surface area contributed by atoms with Crippen LogP contribution in [-0.2, 0) is 0 Å². The van der Waals surface area contributed by atoms with Crippen molar-refractivity contribution in [2.75, 3.05) is 4.23 Å². The van der Waals surface area contributed by atoms with Crippen molar-refractivity contribution in [3.63, 3.8) is 0 Å². The molecule has 94 valence electrons. The van der Waals surface area contributed by atoms with Gasteiger partial charge in [0.1, 0.15) is 16.5 Å². The molecule has 0 spiro atoms. The summed E-state index contributed by atoms with van der Waals surface area (Å²) in [6, 6.07) is 8.27. The van der Waals surface area contributed by atoms with E-state index in [0.717, 1.165) is 5.02 Å². The van der Waals surface area contributed by atoms with Crippen LogP contribution in [0.15, 0.2) is 24.3 Å². The van der Waals surface area contributed by atoms with Gasteiger partial charge in [0.25, 0.3) is 0 Å². The molecule has 1 aromatic rings. The van der Waals surface area contributed by atoms with Gasteiger partial charge < -0.3 is 4.23 Å². The lowest BCUT2D eigenvalue weighted by molar-refractivity contribution is 1.35. The molecule has 0 N–H and O–H groups in total. The molecule has 0 amide bonds. The second-order valence-corrected chi connectivity index (χ2v) is 16.6. The number of hydrogen-bond donors (Lipinski definition) is 0. The number of halogens is 1. The van der Waals surface area contributed by atoms with Crippen molar-refractivity contribution in [3.05, 3.63) is 29.3 Å². The van der Waals surface area contributed by atoms with Crippen LogP contribution < -0.4 is 4.23 Å². The molecular formula is C12H24ClMgNSi2. The van der Waals surface area contributed by atoms with E-state index >= 15 is 0 Å². The lowest BCUT2D eigenvalue weighted by Gasteiger charge is -2.46. The Bertz CT molecular complexity index is 358. The summed E-state index contributed by atoms with van der Waals surface area (Å²) in [4.78, 5) is 0. The number of hydrogen-bond acceptors (Lipinski definition) is 1. The number of anilines is 1. The van der Waals surface area contributed by atoms with Gasteiger partial charge >= 0.3 is 23.1 Å². The molecule has 5 heteroatoms. The van der Waals surface area contributed by atoms with Crippen LogP contribution in [-0.4, -0.2) is 39.5 Å². The molecule has 1 aromatic carbocycles. The normalized spacial score (nSPS) is 11.9. The van der Waals surface area contributed by atoms with Gasteiger partial charge in [0, 0.05) is 10.7 Å². The summed E-state index contributed by atoms with van der Waals surface area (Å²) in [5, 5.41) is 0.832. The molecule has 0 saturated carbocycles. The van der Waals surface area contributed by atoms with E-state index in [0.29, 0.717) is 0 Å². The molecule has 0 aliphatic heterocycles. The van der Waals surface area contributed by atoms with E-state index in [-0.39, 0.29) is 23.1 Å². The first kappa shape index (κ1) is 17.5. The van der Waals surface area contributed by atoms with Crippen molar-refractivity contribution in [3.8, 4) is 0 Å². The van der Waals surface area contributed by atoms with E-state index in [9.17, 15) is 0 Å². The summed E-state index contributed by atoms with van der Waals surface area (Å²) in [6.45, 7) is 14.4. The van der Waals surface area contributed by atoms with Gasteiger partial charge in [-0.1, -0.05) is 56.9 Å². The van der Waals surface area contributed by atoms with Crippen LogP contribution in [0, 0.1) is 0 Å². The van der Waals surface area contributed by atoms with Gasteiger partial charge in [-0.25, -0.2) is 0 Å². The molecule has 0 bridgehead atoms. The average molecular weight is 298 g/mol. The van der Waals surface area contributed by atoms with Crippen LogP contribution in [0.2, 0.25) is 44.3 Å². The maximum atomic E-state index is 6.09. The zero-order chi connectivity index (χ0) is 12.6. The summed E-state index contributed by atoms with van der Waals surface area (Å²) in [5.41, 5.74) is 1.30. The Morgan fingerprint density at radius 3 is 1.76 bits per heavy atom. The summed E-state index contributed by atoms with van der Waals surface area (Å²) in [5.74, 6) is 0. The monoisotopic (exact) mass is 297 g/mol. The summed E-state index contributed by atoms with van der Waals surface area (Å²) < 4.78 is 2.67. The molecule has 1 rings (SSSR count). The molecule has 0 unspecified atom stereocenters. The molecule has 0 saturated heterocycles. The predicted molar refractivity (Wildman–Crippen MR) is 89.2 cm³/mol. The summed E-state index contributed by atoms with van der Waals surface area (Å²) in [7, 11) is -2.70. The van der Waals surface area contributed by atoms with Gasteiger partial charge in [-0.2, -0.15) is 0 Å². The molecule has 0 aliphatic carbocycles.